The SMILES string of the molecule is COc1ccc(CCC(=O)N2CC(=O)Nc3ccccc32)cc1C. The van der Waals surface area contributed by atoms with E-state index in [0.717, 1.165) is 22.6 Å². The summed E-state index contributed by atoms with van der Waals surface area (Å²) in [7, 11) is 1.64. The van der Waals surface area contributed by atoms with E-state index in [4.69, 9.17) is 4.74 Å². The lowest BCUT2D eigenvalue weighted by atomic mass is 10.1. The van der Waals surface area contributed by atoms with Crippen LogP contribution in [0.25, 0.3) is 0 Å². The third kappa shape index (κ3) is 3.25. The highest BCUT2D eigenvalue weighted by atomic mass is 16.5. The molecule has 0 atom stereocenters. The van der Waals surface area contributed by atoms with Crippen LogP contribution in [0.3, 0.4) is 0 Å². The van der Waals surface area contributed by atoms with Crippen LogP contribution >= 0.6 is 0 Å². The Morgan fingerprint density at radius 3 is 2.79 bits per heavy atom. The van der Waals surface area contributed by atoms with Gasteiger partial charge in [0.05, 0.1) is 18.5 Å². The van der Waals surface area contributed by atoms with E-state index in [2.05, 4.69) is 5.32 Å². The summed E-state index contributed by atoms with van der Waals surface area (Å²) in [6, 6.07) is 13.3. The summed E-state index contributed by atoms with van der Waals surface area (Å²) in [5.74, 6) is 0.625. The van der Waals surface area contributed by atoms with E-state index in [1.54, 1.807) is 18.1 Å². The summed E-state index contributed by atoms with van der Waals surface area (Å²) in [6.45, 7) is 2.05. The molecule has 0 radical (unpaired) electrons. The second kappa shape index (κ2) is 6.74. The first-order valence-electron chi connectivity index (χ1n) is 7.91. The summed E-state index contributed by atoms with van der Waals surface area (Å²) in [4.78, 5) is 26.0. The Bertz CT molecular complexity index is 786. The molecule has 0 saturated heterocycles. The lowest BCUT2D eigenvalue weighted by molar-refractivity contribution is -0.121. The Hall–Kier alpha value is -2.82. The van der Waals surface area contributed by atoms with Crippen LogP contribution in [0.4, 0.5) is 11.4 Å². The van der Waals surface area contributed by atoms with E-state index in [1.165, 1.54) is 0 Å². The van der Waals surface area contributed by atoms with Gasteiger partial charge in [-0.15, -0.1) is 0 Å². The molecule has 0 spiro atoms. The van der Waals surface area contributed by atoms with E-state index in [-0.39, 0.29) is 18.4 Å². The van der Waals surface area contributed by atoms with Crippen molar-refractivity contribution in [3.8, 4) is 5.75 Å². The van der Waals surface area contributed by atoms with Crippen LogP contribution in [0, 0.1) is 6.92 Å². The number of hydrogen-bond donors (Lipinski definition) is 1. The number of benzene rings is 2. The summed E-state index contributed by atoms with van der Waals surface area (Å²) in [5, 5.41) is 2.79. The minimum absolute atomic E-state index is 0.0502. The molecule has 2 aromatic rings. The molecular weight excluding hydrogens is 304 g/mol. The number of nitrogens with one attached hydrogen (secondary N) is 1. The topological polar surface area (TPSA) is 58.6 Å². The van der Waals surface area contributed by atoms with E-state index < -0.39 is 0 Å². The fourth-order valence-corrected chi connectivity index (χ4v) is 2.94. The molecule has 0 saturated carbocycles. The second-order valence-corrected chi connectivity index (χ2v) is 5.85. The highest BCUT2D eigenvalue weighted by Gasteiger charge is 2.26. The van der Waals surface area contributed by atoms with Crippen molar-refractivity contribution in [2.45, 2.75) is 19.8 Å². The molecule has 0 fully saturated rings. The van der Waals surface area contributed by atoms with Gasteiger partial charge >= 0.3 is 0 Å². The lowest BCUT2D eigenvalue weighted by Gasteiger charge is -2.29. The Morgan fingerprint density at radius 1 is 1.25 bits per heavy atom. The second-order valence-electron chi connectivity index (χ2n) is 5.85. The van der Waals surface area contributed by atoms with Crippen molar-refractivity contribution in [2.24, 2.45) is 0 Å². The Kier molecular flexibility index (Phi) is 4.51. The van der Waals surface area contributed by atoms with Gasteiger partial charge in [0.25, 0.3) is 0 Å². The molecule has 1 aliphatic rings. The predicted molar refractivity (Wildman–Crippen MR) is 93.5 cm³/mol. The highest BCUT2D eigenvalue weighted by Crippen LogP contribution is 2.29. The third-order valence-electron chi connectivity index (χ3n) is 4.16. The normalized spacial score (nSPS) is 13.2. The van der Waals surface area contributed by atoms with Gasteiger partial charge in [0.15, 0.2) is 0 Å². The number of nitrogens with zero attached hydrogens (tertiary/aromatic N) is 1. The molecule has 0 bridgehead atoms. The van der Waals surface area contributed by atoms with E-state index in [1.807, 2.05) is 43.3 Å². The predicted octanol–water partition coefficient (Wildman–Crippen LogP) is 2.92. The number of aryl methyl sites for hydroxylation is 2. The number of ether oxygens (including phenoxy) is 1. The molecular formula is C19H20N2O3. The molecule has 0 aliphatic carbocycles. The average molecular weight is 324 g/mol. The summed E-state index contributed by atoms with van der Waals surface area (Å²) >= 11 is 0. The first-order valence-corrected chi connectivity index (χ1v) is 7.91. The molecule has 5 heteroatoms. The third-order valence-corrected chi connectivity index (χ3v) is 4.16. The van der Waals surface area contributed by atoms with Gasteiger partial charge in [-0.1, -0.05) is 24.3 Å². The van der Waals surface area contributed by atoms with Gasteiger partial charge in [0, 0.05) is 6.42 Å². The number of fused-ring (bicyclic) bond motifs is 1. The zero-order valence-electron chi connectivity index (χ0n) is 13.8. The maximum atomic E-state index is 12.6. The van der Waals surface area contributed by atoms with E-state index in [9.17, 15) is 9.59 Å². The first kappa shape index (κ1) is 16.1. The van der Waals surface area contributed by atoms with Gasteiger partial charge in [-0.2, -0.15) is 0 Å². The van der Waals surface area contributed by atoms with Crippen LogP contribution in [-0.4, -0.2) is 25.5 Å². The lowest BCUT2D eigenvalue weighted by Crippen LogP contribution is -2.42. The smallest absolute Gasteiger partial charge is 0.244 e. The zero-order chi connectivity index (χ0) is 17.1. The van der Waals surface area contributed by atoms with Gasteiger partial charge in [0.2, 0.25) is 11.8 Å². The number of para-hydroxylation sites is 2. The standard InChI is InChI=1S/C19H20N2O3/c1-13-11-14(7-9-17(13)24-2)8-10-19(23)21-12-18(22)20-15-5-3-4-6-16(15)21/h3-7,9,11H,8,10,12H2,1-2H3,(H,20,22). The molecule has 1 N–H and O–H groups in total. The van der Waals surface area contributed by atoms with Crippen molar-refractivity contribution in [3.63, 3.8) is 0 Å². The highest BCUT2D eigenvalue weighted by molar-refractivity contribution is 6.09. The van der Waals surface area contributed by atoms with Crippen LogP contribution in [-0.2, 0) is 16.0 Å². The molecule has 0 unspecified atom stereocenters. The van der Waals surface area contributed by atoms with Crippen molar-refractivity contribution >= 4 is 23.2 Å². The Morgan fingerprint density at radius 2 is 2.04 bits per heavy atom. The number of carbonyl (C=O) groups excluding carboxylic acids is 2. The first-order chi connectivity index (χ1) is 11.6. The molecule has 24 heavy (non-hydrogen) atoms. The van der Waals surface area contributed by atoms with Gasteiger partial charge < -0.3 is 15.0 Å². The van der Waals surface area contributed by atoms with Crippen molar-refractivity contribution in [1.29, 1.82) is 0 Å². The monoisotopic (exact) mass is 324 g/mol. The van der Waals surface area contributed by atoms with Gasteiger partial charge in [-0.25, -0.2) is 0 Å². The zero-order valence-corrected chi connectivity index (χ0v) is 13.8. The minimum atomic E-state index is -0.164. The van der Waals surface area contributed by atoms with E-state index in [0.29, 0.717) is 18.5 Å². The number of hydrogen-bond acceptors (Lipinski definition) is 3. The number of methoxy groups -OCH3 is 1. The van der Waals surface area contributed by atoms with E-state index >= 15 is 0 Å². The number of amides is 2. The number of carbonyl (C=O) groups is 2. The molecule has 5 nitrogen and oxygen atoms in total. The molecule has 124 valence electrons. The van der Waals surface area contributed by atoms with Gasteiger partial charge in [0.1, 0.15) is 12.3 Å². The molecule has 2 aromatic carbocycles. The fourth-order valence-electron chi connectivity index (χ4n) is 2.94. The molecule has 1 aliphatic heterocycles. The van der Waals surface area contributed by atoms with Crippen LogP contribution in [0.15, 0.2) is 42.5 Å². The Balaban J connectivity index is 1.71. The minimum Gasteiger partial charge on any atom is -0.496 e. The van der Waals surface area contributed by atoms with Crippen LogP contribution in [0.2, 0.25) is 0 Å². The largest absolute Gasteiger partial charge is 0.496 e. The van der Waals surface area contributed by atoms with Crippen molar-refractivity contribution in [3.05, 3.63) is 53.6 Å². The number of anilines is 2. The summed E-state index contributed by atoms with van der Waals surface area (Å²) in [5.41, 5.74) is 3.57. The molecule has 3 rings (SSSR count). The van der Waals surface area contributed by atoms with Crippen LogP contribution in [0.1, 0.15) is 17.5 Å². The molecule has 1 heterocycles. The maximum Gasteiger partial charge on any atom is 0.244 e. The van der Waals surface area contributed by atoms with Crippen molar-refractivity contribution in [1.82, 2.24) is 0 Å². The van der Waals surface area contributed by atoms with Crippen molar-refractivity contribution < 1.29 is 14.3 Å². The number of rotatable bonds is 4. The van der Waals surface area contributed by atoms with Gasteiger partial charge in [-0.05, 0) is 42.7 Å². The summed E-state index contributed by atoms with van der Waals surface area (Å²) < 4.78 is 5.25. The fraction of sp³-hybridized carbons (Fsp3) is 0.263. The van der Waals surface area contributed by atoms with Crippen LogP contribution < -0.4 is 15.0 Å². The Labute approximate surface area is 141 Å². The quantitative estimate of drug-likeness (QED) is 0.941. The van der Waals surface area contributed by atoms with Crippen molar-refractivity contribution in [2.75, 3.05) is 23.9 Å². The maximum absolute atomic E-state index is 12.6. The average Bonchev–Trinajstić information content (AvgIpc) is 2.59. The molecule has 2 amide bonds. The van der Waals surface area contributed by atoms with Crippen LogP contribution in [0.5, 0.6) is 5.75 Å². The summed E-state index contributed by atoms with van der Waals surface area (Å²) in [6.07, 6.45) is 0.983. The molecule has 0 aromatic heterocycles. The van der Waals surface area contributed by atoms with Gasteiger partial charge in [-0.3, -0.25) is 9.59 Å².